The van der Waals surface area contributed by atoms with Crippen molar-refractivity contribution < 1.29 is 38.4 Å². The zero-order valence-electron chi connectivity index (χ0n) is 25.5. The number of aryl methyl sites for hydroxylation is 2. The molecular weight excluding hydrogens is 596 g/mol. The van der Waals surface area contributed by atoms with Gasteiger partial charge in [-0.25, -0.2) is 9.78 Å². The minimum Gasteiger partial charge on any atom is -0.507 e. The third-order valence-electron chi connectivity index (χ3n) is 7.30. The normalized spacial score (nSPS) is 15.7. The van der Waals surface area contributed by atoms with Crippen LogP contribution in [-0.2, 0) is 20.9 Å². The summed E-state index contributed by atoms with van der Waals surface area (Å²) in [5, 5.41) is 11.8. The number of hydrogen-bond donors (Lipinski definition) is 1. The Morgan fingerprint density at radius 1 is 0.956 bits per heavy atom. The molecule has 1 N–H and O–H groups in total. The van der Waals surface area contributed by atoms with Crippen molar-refractivity contribution in [1.82, 2.24) is 4.98 Å². The minimum atomic E-state index is -1.10. The first-order chi connectivity index (χ1) is 21.7. The summed E-state index contributed by atoms with van der Waals surface area (Å²) in [4.78, 5) is 45.6. The number of thiazole rings is 1. The maximum atomic E-state index is 13.7. The fourth-order valence-corrected chi connectivity index (χ4v) is 6.10. The van der Waals surface area contributed by atoms with E-state index in [0.717, 1.165) is 22.5 Å². The number of ether oxygens (including phenoxy) is 4. The first-order valence-corrected chi connectivity index (χ1v) is 14.9. The maximum Gasteiger partial charge on any atom is 0.350 e. The molecule has 0 bridgehead atoms. The number of aliphatic hydroxyl groups excluding tert-OH is 1. The van der Waals surface area contributed by atoms with Crippen LogP contribution >= 0.6 is 11.3 Å². The Morgan fingerprint density at radius 3 is 2.36 bits per heavy atom. The van der Waals surface area contributed by atoms with Crippen LogP contribution in [-0.4, -0.2) is 48.6 Å². The van der Waals surface area contributed by atoms with Gasteiger partial charge in [-0.15, -0.1) is 0 Å². The zero-order valence-corrected chi connectivity index (χ0v) is 26.3. The lowest BCUT2D eigenvalue weighted by Gasteiger charge is -2.24. The molecule has 45 heavy (non-hydrogen) atoms. The number of aliphatic hydroxyl groups is 1. The maximum absolute atomic E-state index is 13.7. The number of rotatable bonds is 10. The SMILES string of the molecule is CCOc1ccc([C@H]2C(=C(O)c3ccc(OCc4ccccc4)c(C)c3)C(=O)C(=O)N2c2nc(C)c(C(=O)OC)s2)cc1OC. The average molecular weight is 629 g/mol. The van der Waals surface area contributed by atoms with Gasteiger partial charge in [-0.1, -0.05) is 47.7 Å². The topological polar surface area (TPSA) is 124 Å². The average Bonchev–Trinajstić information content (AvgIpc) is 3.56. The summed E-state index contributed by atoms with van der Waals surface area (Å²) in [6, 6.07) is 18.7. The van der Waals surface area contributed by atoms with Crippen LogP contribution < -0.4 is 19.1 Å². The first kappa shape index (κ1) is 31.3. The first-order valence-electron chi connectivity index (χ1n) is 14.1. The molecule has 11 heteroatoms. The van der Waals surface area contributed by atoms with Crippen LogP contribution in [0, 0.1) is 13.8 Å². The quantitative estimate of drug-likeness (QED) is 0.0952. The predicted octanol–water partition coefficient (Wildman–Crippen LogP) is 6.16. The summed E-state index contributed by atoms with van der Waals surface area (Å²) < 4.78 is 22.1. The minimum absolute atomic E-state index is 0.104. The summed E-state index contributed by atoms with van der Waals surface area (Å²) >= 11 is 0.923. The number of carbonyl (C=O) groups is 3. The number of hydrogen-bond acceptors (Lipinski definition) is 10. The van der Waals surface area contributed by atoms with E-state index in [1.54, 1.807) is 43.3 Å². The van der Waals surface area contributed by atoms with Crippen molar-refractivity contribution in [3.63, 3.8) is 0 Å². The molecule has 0 radical (unpaired) electrons. The standard InChI is InChI=1S/C34H32N2O8S/c1-6-43-25-15-12-22(17-26(25)41-4)28-27(30(38)32(39)36(28)34-35-20(3)31(45-34)33(40)42-5)29(37)23-13-14-24(19(2)16-23)44-18-21-10-8-7-9-11-21/h7-17,28,37H,6,18H2,1-5H3/t28-/m0/s1. The molecule has 0 saturated carbocycles. The van der Waals surface area contributed by atoms with E-state index in [0.29, 0.717) is 47.3 Å². The van der Waals surface area contributed by atoms with Gasteiger partial charge in [-0.2, -0.15) is 0 Å². The summed E-state index contributed by atoms with van der Waals surface area (Å²) in [6.45, 7) is 6.04. The molecule has 5 rings (SSSR count). The van der Waals surface area contributed by atoms with E-state index in [-0.39, 0.29) is 21.3 Å². The van der Waals surface area contributed by atoms with Gasteiger partial charge in [0.05, 0.1) is 38.1 Å². The zero-order chi connectivity index (χ0) is 32.2. The van der Waals surface area contributed by atoms with Gasteiger partial charge >= 0.3 is 11.9 Å². The number of nitrogens with zero attached hydrogens (tertiary/aromatic N) is 2. The van der Waals surface area contributed by atoms with Crippen molar-refractivity contribution in [2.45, 2.75) is 33.4 Å². The van der Waals surface area contributed by atoms with Gasteiger partial charge in [-0.3, -0.25) is 14.5 Å². The molecule has 1 aliphatic heterocycles. The van der Waals surface area contributed by atoms with Crippen molar-refractivity contribution in [2.24, 2.45) is 0 Å². The van der Waals surface area contributed by atoms with E-state index >= 15 is 0 Å². The highest BCUT2D eigenvalue weighted by molar-refractivity contribution is 7.17. The Kier molecular flexibility index (Phi) is 9.19. The summed E-state index contributed by atoms with van der Waals surface area (Å²) in [5.74, 6) is -1.33. The number of Topliss-reactive ketones (excluding diaryl/α,β-unsaturated/α-hetero) is 1. The molecule has 0 spiro atoms. The monoisotopic (exact) mass is 628 g/mol. The molecule has 1 amide bonds. The Morgan fingerprint density at radius 2 is 1.69 bits per heavy atom. The van der Waals surface area contributed by atoms with Crippen LogP contribution in [0.1, 0.15) is 50.6 Å². The highest BCUT2D eigenvalue weighted by atomic mass is 32.1. The Balaban J connectivity index is 1.61. The lowest BCUT2D eigenvalue weighted by atomic mass is 9.94. The summed E-state index contributed by atoms with van der Waals surface area (Å²) in [7, 11) is 2.73. The number of ketones is 1. The molecule has 10 nitrogen and oxygen atoms in total. The van der Waals surface area contributed by atoms with Gasteiger partial charge in [0.1, 0.15) is 23.0 Å². The van der Waals surface area contributed by atoms with E-state index in [4.69, 9.17) is 18.9 Å². The van der Waals surface area contributed by atoms with Gasteiger partial charge < -0.3 is 24.1 Å². The Bertz CT molecular complexity index is 1800. The largest absolute Gasteiger partial charge is 0.507 e. The molecular formula is C34H32N2O8S. The fourth-order valence-electron chi connectivity index (χ4n) is 5.09. The summed E-state index contributed by atoms with van der Waals surface area (Å²) in [6.07, 6.45) is 0. The highest BCUT2D eigenvalue weighted by Gasteiger charge is 2.48. The third-order valence-corrected chi connectivity index (χ3v) is 8.43. The number of aromatic nitrogens is 1. The van der Waals surface area contributed by atoms with Crippen LogP contribution in [0.5, 0.6) is 17.2 Å². The molecule has 1 aromatic heterocycles. The number of anilines is 1. The van der Waals surface area contributed by atoms with E-state index in [1.807, 2.05) is 44.2 Å². The van der Waals surface area contributed by atoms with Crippen molar-refractivity contribution >= 4 is 39.9 Å². The molecule has 3 aromatic carbocycles. The lowest BCUT2D eigenvalue weighted by Crippen LogP contribution is -2.29. The smallest absolute Gasteiger partial charge is 0.350 e. The van der Waals surface area contributed by atoms with E-state index in [9.17, 15) is 19.5 Å². The molecule has 0 aliphatic carbocycles. The molecule has 2 heterocycles. The second-order valence-electron chi connectivity index (χ2n) is 10.2. The molecule has 1 aliphatic rings. The van der Waals surface area contributed by atoms with Crippen molar-refractivity contribution in [1.29, 1.82) is 0 Å². The predicted molar refractivity (Wildman–Crippen MR) is 169 cm³/mol. The van der Waals surface area contributed by atoms with Crippen LogP contribution in [0.4, 0.5) is 5.13 Å². The third kappa shape index (κ3) is 6.12. The number of benzene rings is 3. The van der Waals surface area contributed by atoms with E-state index < -0.39 is 23.7 Å². The van der Waals surface area contributed by atoms with Gasteiger partial charge in [0.15, 0.2) is 16.6 Å². The Labute approximate surface area is 264 Å². The van der Waals surface area contributed by atoms with Crippen LogP contribution in [0.25, 0.3) is 5.76 Å². The Hall–Kier alpha value is -5.16. The molecule has 1 saturated heterocycles. The van der Waals surface area contributed by atoms with Crippen molar-refractivity contribution in [3.05, 3.63) is 105 Å². The van der Waals surface area contributed by atoms with E-state index in [1.165, 1.54) is 19.1 Å². The molecule has 0 unspecified atom stereocenters. The van der Waals surface area contributed by atoms with Crippen molar-refractivity contribution in [2.75, 3.05) is 25.7 Å². The molecule has 4 aromatic rings. The molecule has 1 fully saturated rings. The van der Waals surface area contributed by atoms with Gasteiger partial charge in [0, 0.05) is 5.56 Å². The number of carbonyl (C=O) groups excluding carboxylic acids is 3. The molecule has 232 valence electrons. The lowest BCUT2D eigenvalue weighted by molar-refractivity contribution is -0.132. The number of esters is 1. The van der Waals surface area contributed by atoms with Gasteiger partial charge in [0.25, 0.3) is 5.78 Å². The van der Waals surface area contributed by atoms with Gasteiger partial charge in [0.2, 0.25) is 0 Å². The van der Waals surface area contributed by atoms with E-state index in [2.05, 4.69) is 4.98 Å². The van der Waals surface area contributed by atoms with Gasteiger partial charge in [-0.05, 0) is 67.8 Å². The molecule has 1 atom stereocenters. The number of amides is 1. The summed E-state index contributed by atoms with van der Waals surface area (Å²) in [5.41, 5.74) is 2.71. The second kappa shape index (κ2) is 13.2. The number of methoxy groups -OCH3 is 2. The fraction of sp³-hybridized carbons (Fsp3) is 0.235. The van der Waals surface area contributed by atoms with Crippen LogP contribution in [0.2, 0.25) is 0 Å². The van der Waals surface area contributed by atoms with Crippen molar-refractivity contribution in [3.8, 4) is 17.2 Å². The highest BCUT2D eigenvalue weighted by Crippen LogP contribution is 2.45. The van der Waals surface area contributed by atoms with Crippen LogP contribution in [0.3, 0.4) is 0 Å². The van der Waals surface area contributed by atoms with Crippen LogP contribution in [0.15, 0.2) is 72.3 Å². The second-order valence-corrected chi connectivity index (χ2v) is 11.1.